The van der Waals surface area contributed by atoms with Crippen LogP contribution in [0.5, 0.6) is 5.75 Å². The van der Waals surface area contributed by atoms with Crippen LogP contribution in [0.1, 0.15) is 47.6 Å². The minimum absolute atomic E-state index is 0. The Kier molecular flexibility index (Phi) is 6.71. The van der Waals surface area contributed by atoms with E-state index >= 15 is 0 Å². The van der Waals surface area contributed by atoms with Crippen LogP contribution in [0.25, 0.3) is 0 Å². The molecule has 5 heteroatoms. The molecule has 2 aromatic carbocycles. The van der Waals surface area contributed by atoms with Gasteiger partial charge in [0.15, 0.2) is 0 Å². The van der Waals surface area contributed by atoms with E-state index in [1.54, 1.807) is 19.2 Å². The van der Waals surface area contributed by atoms with Gasteiger partial charge in [-0.1, -0.05) is 31.0 Å². The summed E-state index contributed by atoms with van der Waals surface area (Å²) < 4.78 is 5.24. The third-order valence-corrected chi connectivity index (χ3v) is 4.65. The predicted octanol–water partition coefficient (Wildman–Crippen LogP) is 4.46. The number of carbonyl (C=O) groups excluding carboxylic acids is 1. The van der Waals surface area contributed by atoms with Crippen LogP contribution in [0.15, 0.2) is 48.5 Å². The van der Waals surface area contributed by atoms with E-state index < -0.39 is 0 Å². The van der Waals surface area contributed by atoms with E-state index in [0.717, 1.165) is 43.5 Å². The van der Waals surface area contributed by atoms with Crippen molar-refractivity contribution in [2.45, 2.75) is 31.7 Å². The normalized spacial score (nSPS) is 17.3. The van der Waals surface area contributed by atoms with E-state index in [1.807, 2.05) is 29.2 Å². The molecule has 0 aromatic heterocycles. The van der Waals surface area contributed by atoms with Crippen LogP contribution in [0.2, 0.25) is 0 Å². The molecule has 1 unspecified atom stereocenters. The molecule has 1 heterocycles. The highest BCUT2D eigenvalue weighted by Crippen LogP contribution is 2.32. The summed E-state index contributed by atoms with van der Waals surface area (Å²) in [5, 5.41) is 0. The number of hydrogen-bond donors (Lipinski definition) is 1. The number of ether oxygens (including phenoxy) is 1. The molecule has 0 bridgehead atoms. The highest BCUT2D eigenvalue weighted by Gasteiger charge is 2.27. The van der Waals surface area contributed by atoms with Gasteiger partial charge in [0.05, 0.1) is 13.2 Å². The van der Waals surface area contributed by atoms with Crippen molar-refractivity contribution in [3.63, 3.8) is 0 Å². The number of nitrogens with zero attached hydrogens (tertiary/aromatic N) is 1. The molecule has 0 spiro atoms. The molecule has 2 aromatic rings. The first-order valence-electron chi connectivity index (χ1n) is 8.49. The summed E-state index contributed by atoms with van der Waals surface area (Å²) in [5.41, 5.74) is 8.30. The van der Waals surface area contributed by atoms with E-state index in [4.69, 9.17) is 10.5 Å². The van der Waals surface area contributed by atoms with Crippen molar-refractivity contribution < 1.29 is 9.53 Å². The Labute approximate surface area is 155 Å². The van der Waals surface area contributed by atoms with Gasteiger partial charge in [-0.15, -0.1) is 12.4 Å². The third kappa shape index (κ3) is 4.45. The quantitative estimate of drug-likeness (QED) is 0.822. The SMILES string of the molecule is COc1ccc(C2CCCCCN2C(=O)c2cccc(N)c2)cc1.Cl. The van der Waals surface area contributed by atoms with Crippen LogP contribution in [0, 0.1) is 0 Å². The molecule has 1 amide bonds. The molecule has 0 radical (unpaired) electrons. The topological polar surface area (TPSA) is 55.6 Å². The van der Waals surface area contributed by atoms with Gasteiger partial charge >= 0.3 is 0 Å². The van der Waals surface area contributed by atoms with Gasteiger partial charge < -0.3 is 15.4 Å². The lowest BCUT2D eigenvalue weighted by atomic mass is 10.00. The van der Waals surface area contributed by atoms with Crippen LogP contribution < -0.4 is 10.5 Å². The fourth-order valence-corrected chi connectivity index (χ4v) is 3.36. The van der Waals surface area contributed by atoms with Crippen molar-refractivity contribution in [2.24, 2.45) is 0 Å². The molecule has 3 rings (SSSR count). The Morgan fingerprint density at radius 1 is 1.12 bits per heavy atom. The Morgan fingerprint density at radius 2 is 1.88 bits per heavy atom. The van der Waals surface area contributed by atoms with E-state index in [2.05, 4.69) is 12.1 Å². The van der Waals surface area contributed by atoms with Gasteiger partial charge in [0.2, 0.25) is 0 Å². The van der Waals surface area contributed by atoms with Gasteiger partial charge in [0.25, 0.3) is 5.91 Å². The minimum atomic E-state index is 0. The van der Waals surface area contributed by atoms with E-state index in [1.165, 1.54) is 0 Å². The zero-order valence-corrected chi connectivity index (χ0v) is 15.3. The van der Waals surface area contributed by atoms with Crippen LogP contribution in [0.4, 0.5) is 5.69 Å². The van der Waals surface area contributed by atoms with Crippen molar-refractivity contribution in [1.29, 1.82) is 0 Å². The smallest absolute Gasteiger partial charge is 0.254 e. The molecule has 25 heavy (non-hydrogen) atoms. The number of methoxy groups -OCH3 is 1. The van der Waals surface area contributed by atoms with E-state index in [9.17, 15) is 4.79 Å². The molecular weight excluding hydrogens is 336 g/mol. The number of rotatable bonds is 3. The minimum Gasteiger partial charge on any atom is -0.497 e. The van der Waals surface area contributed by atoms with Crippen LogP contribution >= 0.6 is 12.4 Å². The molecule has 0 aliphatic carbocycles. The third-order valence-electron chi connectivity index (χ3n) is 4.65. The summed E-state index contributed by atoms with van der Waals surface area (Å²) >= 11 is 0. The number of halogens is 1. The molecule has 4 nitrogen and oxygen atoms in total. The van der Waals surface area contributed by atoms with E-state index in [-0.39, 0.29) is 24.4 Å². The summed E-state index contributed by atoms with van der Waals surface area (Å²) in [6, 6.07) is 15.4. The monoisotopic (exact) mass is 360 g/mol. The number of carbonyl (C=O) groups is 1. The molecule has 0 saturated carbocycles. The van der Waals surface area contributed by atoms with Gasteiger partial charge in [-0.05, 0) is 48.7 Å². The van der Waals surface area contributed by atoms with Crippen molar-refractivity contribution in [2.75, 3.05) is 19.4 Å². The molecule has 1 aliphatic heterocycles. The van der Waals surface area contributed by atoms with Gasteiger partial charge in [-0.25, -0.2) is 0 Å². The Hall–Kier alpha value is -2.20. The number of benzene rings is 2. The first kappa shape index (κ1) is 19.1. The second kappa shape index (κ2) is 8.77. The molecule has 1 atom stereocenters. The summed E-state index contributed by atoms with van der Waals surface area (Å²) in [7, 11) is 1.66. The molecule has 1 fully saturated rings. The number of hydrogen-bond acceptors (Lipinski definition) is 3. The maximum absolute atomic E-state index is 13.1. The van der Waals surface area contributed by atoms with Crippen molar-refractivity contribution >= 4 is 24.0 Å². The zero-order valence-electron chi connectivity index (χ0n) is 14.5. The van der Waals surface area contributed by atoms with Gasteiger partial charge in [-0.2, -0.15) is 0 Å². The van der Waals surface area contributed by atoms with Gasteiger partial charge in [0, 0.05) is 17.8 Å². The molecule has 134 valence electrons. The average molecular weight is 361 g/mol. The number of anilines is 1. The molecule has 2 N–H and O–H groups in total. The number of nitrogen functional groups attached to an aromatic ring is 1. The summed E-state index contributed by atoms with van der Waals surface area (Å²) in [6.07, 6.45) is 4.33. The van der Waals surface area contributed by atoms with Crippen molar-refractivity contribution in [1.82, 2.24) is 4.90 Å². The predicted molar refractivity (Wildman–Crippen MR) is 103 cm³/mol. The molecule has 1 saturated heterocycles. The number of amides is 1. The van der Waals surface area contributed by atoms with Gasteiger partial charge in [0.1, 0.15) is 5.75 Å². The standard InChI is InChI=1S/C20H24N2O2.ClH/c1-24-18-11-9-15(10-12-18)19-8-3-2-4-13-22(19)20(23)16-6-5-7-17(21)14-16;/h5-7,9-12,14,19H,2-4,8,13,21H2,1H3;1H. The summed E-state index contributed by atoms with van der Waals surface area (Å²) in [4.78, 5) is 15.1. The lowest BCUT2D eigenvalue weighted by Gasteiger charge is -2.31. The first-order chi connectivity index (χ1) is 11.7. The average Bonchev–Trinajstić information content (AvgIpc) is 2.87. The van der Waals surface area contributed by atoms with E-state index in [0.29, 0.717) is 11.3 Å². The highest BCUT2D eigenvalue weighted by molar-refractivity contribution is 5.95. The highest BCUT2D eigenvalue weighted by atomic mass is 35.5. The maximum atomic E-state index is 13.1. The Bertz CT molecular complexity index is 703. The number of nitrogens with two attached hydrogens (primary N) is 1. The zero-order chi connectivity index (χ0) is 16.9. The van der Waals surface area contributed by atoms with Crippen molar-refractivity contribution in [3.8, 4) is 5.75 Å². The van der Waals surface area contributed by atoms with Crippen molar-refractivity contribution in [3.05, 3.63) is 59.7 Å². The van der Waals surface area contributed by atoms with Crippen LogP contribution in [-0.4, -0.2) is 24.5 Å². The second-order valence-electron chi connectivity index (χ2n) is 6.26. The largest absolute Gasteiger partial charge is 0.497 e. The lowest BCUT2D eigenvalue weighted by Crippen LogP contribution is -2.34. The van der Waals surface area contributed by atoms with Gasteiger partial charge in [-0.3, -0.25) is 4.79 Å². The maximum Gasteiger partial charge on any atom is 0.254 e. The fraction of sp³-hybridized carbons (Fsp3) is 0.350. The molecular formula is C20H25ClN2O2. The van der Waals surface area contributed by atoms with Crippen LogP contribution in [-0.2, 0) is 0 Å². The lowest BCUT2D eigenvalue weighted by molar-refractivity contribution is 0.0681. The summed E-state index contributed by atoms with van der Waals surface area (Å²) in [5.74, 6) is 0.895. The second-order valence-corrected chi connectivity index (χ2v) is 6.26. The molecule has 1 aliphatic rings. The Morgan fingerprint density at radius 3 is 2.56 bits per heavy atom. The van der Waals surface area contributed by atoms with Crippen LogP contribution in [0.3, 0.4) is 0 Å². The Balaban J connectivity index is 0.00000225. The number of likely N-dealkylation sites (tertiary alicyclic amines) is 1. The summed E-state index contributed by atoms with van der Waals surface area (Å²) in [6.45, 7) is 0.782. The first-order valence-corrected chi connectivity index (χ1v) is 8.49. The fourth-order valence-electron chi connectivity index (χ4n) is 3.36.